The smallest absolute Gasteiger partial charge is 0.258 e. The summed E-state index contributed by atoms with van der Waals surface area (Å²) in [7, 11) is 0. The average molecular weight is 150 g/mol. The first-order valence-corrected chi connectivity index (χ1v) is 3.28. The van der Waals surface area contributed by atoms with Crippen LogP contribution in [0.15, 0.2) is 24.3 Å². The molecule has 1 radical (unpaired) electrons. The standard InChI is InChI=1S/C8H8NO2/c1-2-7-3-5-8(6-4-7)9(10)11/h2-6H,1H3. The second-order valence-electron chi connectivity index (χ2n) is 2.14. The average Bonchev–Trinajstić information content (AvgIpc) is 2.05. The highest BCUT2D eigenvalue weighted by atomic mass is 16.6. The second-order valence-corrected chi connectivity index (χ2v) is 2.14. The van der Waals surface area contributed by atoms with Gasteiger partial charge in [-0.3, -0.25) is 10.1 Å². The first-order chi connectivity index (χ1) is 5.24. The summed E-state index contributed by atoms with van der Waals surface area (Å²) in [4.78, 5) is 9.79. The summed E-state index contributed by atoms with van der Waals surface area (Å²) in [5, 5.41) is 10.2. The van der Waals surface area contributed by atoms with Crippen molar-refractivity contribution in [3.05, 3.63) is 46.4 Å². The summed E-state index contributed by atoms with van der Waals surface area (Å²) in [6, 6.07) is 6.43. The second kappa shape index (κ2) is 3.14. The number of non-ortho nitro benzene ring substituents is 1. The van der Waals surface area contributed by atoms with Crippen LogP contribution >= 0.6 is 0 Å². The van der Waals surface area contributed by atoms with E-state index in [0.29, 0.717) is 0 Å². The Kier molecular flexibility index (Phi) is 2.21. The van der Waals surface area contributed by atoms with Crippen LogP contribution in [0, 0.1) is 16.5 Å². The van der Waals surface area contributed by atoms with E-state index in [2.05, 4.69) is 0 Å². The Labute approximate surface area is 64.8 Å². The van der Waals surface area contributed by atoms with Crippen molar-refractivity contribution in [2.45, 2.75) is 6.92 Å². The fourth-order valence-corrected chi connectivity index (χ4v) is 0.788. The highest BCUT2D eigenvalue weighted by molar-refractivity contribution is 5.35. The third-order valence-corrected chi connectivity index (χ3v) is 1.44. The molecule has 11 heavy (non-hydrogen) atoms. The predicted octanol–water partition coefficient (Wildman–Crippen LogP) is 2.17. The lowest BCUT2D eigenvalue weighted by Gasteiger charge is -1.93. The van der Waals surface area contributed by atoms with Crippen LogP contribution < -0.4 is 0 Å². The topological polar surface area (TPSA) is 43.1 Å². The maximum absolute atomic E-state index is 10.2. The molecule has 0 saturated carbocycles. The zero-order valence-corrected chi connectivity index (χ0v) is 6.15. The minimum atomic E-state index is -0.403. The molecule has 0 aromatic heterocycles. The largest absolute Gasteiger partial charge is 0.269 e. The highest BCUT2D eigenvalue weighted by Crippen LogP contribution is 2.12. The van der Waals surface area contributed by atoms with Crippen molar-refractivity contribution in [2.75, 3.05) is 0 Å². The molecular formula is C8H8NO2. The molecule has 1 aromatic carbocycles. The molecule has 57 valence electrons. The Morgan fingerprint density at radius 1 is 1.36 bits per heavy atom. The first kappa shape index (κ1) is 7.72. The van der Waals surface area contributed by atoms with Gasteiger partial charge in [-0.1, -0.05) is 19.1 Å². The van der Waals surface area contributed by atoms with Crippen molar-refractivity contribution in [3.63, 3.8) is 0 Å². The number of benzene rings is 1. The van der Waals surface area contributed by atoms with Gasteiger partial charge in [0, 0.05) is 12.1 Å². The number of hydrogen-bond acceptors (Lipinski definition) is 2. The molecule has 0 spiro atoms. The molecule has 0 aliphatic heterocycles. The minimum absolute atomic E-state index is 0.135. The van der Waals surface area contributed by atoms with E-state index in [1.807, 2.05) is 13.3 Å². The lowest BCUT2D eigenvalue weighted by molar-refractivity contribution is -0.384. The van der Waals surface area contributed by atoms with Crippen molar-refractivity contribution in [3.8, 4) is 0 Å². The molecule has 0 bridgehead atoms. The number of nitro benzene ring substituents is 1. The van der Waals surface area contributed by atoms with E-state index in [1.165, 1.54) is 12.1 Å². The van der Waals surface area contributed by atoms with E-state index in [9.17, 15) is 10.1 Å². The van der Waals surface area contributed by atoms with Crippen LogP contribution in [0.4, 0.5) is 5.69 Å². The van der Waals surface area contributed by atoms with E-state index in [1.54, 1.807) is 12.1 Å². The monoisotopic (exact) mass is 150 g/mol. The van der Waals surface area contributed by atoms with Crippen LogP contribution in [0.2, 0.25) is 0 Å². The van der Waals surface area contributed by atoms with Gasteiger partial charge in [0.2, 0.25) is 0 Å². The molecule has 0 fully saturated rings. The SMILES string of the molecule is C[CH]c1ccc([N+](=O)[O-])cc1. The summed E-state index contributed by atoms with van der Waals surface area (Å²) in [5.41, 5.74) is 1.13. The number of hydrogen-bond donors (Lipinski definition) is 0. The maximum atomic E-state index is 10.2. The van der Waals surface area contributed by atoms with Crippen LogP contribution in [0.25, 0.3) is 0 Å². The molecule has 0 aliphatic carbocycles. The summed E-state index contributed by atoms with van der Waals surface area (Å²) in [5.74, 6) is 0. The molecular weight excluding hydrogens is 142 g/mol. The molecule has 0 saturated heterocycles. The Morgan fingerprint density at radius 2 is 1.91 bits per heavy atom. The first-order valence-electron chi connectivity index (χ1n) is 3.28. The fraction of sp³-hybridized carbons (Fsp3) is 0.125. The van der Waals surface area contributed by atoms with Crippen molar-refractivity contribution >= 4 is 5.69 Å². The van der Waals surface area contributed by atoms with Gasteiger partial charge in [-0.05, 0) is 12.0 Å². The van der Waals surface area contributed by atoms with Crippen LogP contribution in [-0.4, -0.2) is 4.92 Å². The summed E-state index contributed by atoms with van der Waals surface area (Å²) in [6.07, 6.45) is 1.89. The third kappa shape index (κ3) is 1.77. The van der Waals surface area contributed by atoms with Gasteiger partial charge in [0.1, 0.15) is 0 Å². The Bertz CT molecular complexity index is 253. The van der Waals surface area contributed by atoms with Gasteiger partial charge in [-0.25, -0.2) is 0 Å². The molecule has 0 unspecified atom stereocenters. The van der Waals surface area contributed by atoms with E-state index in [0.717, 1.165) is 5.56 Å². The highest BCUT2D eigenvalue weighted by Gasteiger charge is 2.01. The Morgan fingerprint density at radius 3 is 2.27 bits per heavy atom. The van der Waals surface area contributed by atoms with E-state index < -0.39 is 4.92 Å². The van der Waals surface area contributed by atoms with Crippen LogP contribution in [0.5, 0.6) is 0 Å². The van der Waals surface area contributed by atoms with Gasteiger partial charge < -0.3 is 0 Å². The van der Waals surface area contributed by atoms with Crippen molar-refractivity contribution < 1.29 is 4.92 Å². The minimum Gasteiger partial charge on any atom is -0.258 e. The molecule has 0 heterocycles. The molecule has 1 aromatic rings. The number of nitrogens with zero attached hydrogens (tertiary/aromatic N) is 1. The van der Waals surface area contributed by atoms with Gasteiger partial charge in [0.25, 0.3) is 5.69 Å². The molecule has 0 aliphatic rings. The van der Waals surface area contributed by atoms with E-state index in [4.69, 9.17) is 0 Å². The van der Waals surface area contributed by atoms with Gasteiger partial charge >= 0.3 is 0 Å². The fourth-order valence-electron chi connectivity index (χ4n) is 0.788. The van der Waals surface area contributed by atoms with Gasteiger partial charge in [-0.15, -0.1) is 0 Å². The van der Waals surface area contributed by atoms with Crippen molar-refractivity contribution in [1.29, 1.82) is 0 Å². The molecule has 0 N–H and O–H groups in total. The summed E-state index contributed by atoms with van der Waals surface area (Å²) in [6.45, 7) is 1.89. The van der Waals surface area contributed by atoms with Crippen LogP contribution in [0.1, 0.15) is 12.5 Å². The Balaban J connectivity index is 2.91. The Hall–Kier alpha value is -1.38. The number of rotatable bonds is 2. The molecule has 0 atom stereocenters. The lowest BCUT2D eigenvalue weighted by Crippen LogP contribution is -1.87. The maximum Gasteiger partial charge on any atom is 0.269 e. The summed E-state index contributed by atoms with van der Waals surface area (Å²) >= 11 is 0. The van der Waals surface area contributed by atoms with Crippen LogP contribution in [-0.2, 0) is 0 Å². The lowest BCUT2D eigenvalue weighted by atomic mass is 10.2. The molecule has 1 rings (SSSR count). The number of nitro groups is 1. The molecule has 0 amide bonds. The van der Waals surface area contributed by atoms with E-state index in [-0.39, 0.29) is 5.69 Å². The van der Waals surface area contributed by atoms with Crippen molar-refractivity contribution in [1.82, 2.24) is 0 Å². The quantitative estimate of drug-likeness (QED) is 0.479. The zero-order chi connectivity index (χ0) is 8.27. The normalized spacial score (nSPS) is 9.55. The molecule has 3 nitrogen and oxygen atoms in total. The van der Waals surface area contributed by atoms with Gasteiger partial charge in [-0.2, -0.15) is 0 Å². The van der Waals surface area contributed by atoms with Crippen LogP contribution in [0.3, 0.4) is 0 Å². The van der Waals surface area contributed by atoms with Gasteiger partial charge in [0.05, 0.1) is 4.92 Å². The zero-order valence-electron chi connectivity index (χ0n) is 6.15. The van der Waals surface area contributed by atoms with Crippen molar-refractivity contribution in [2.24, 2.45) is 0 Å². The molecule has 3 heteroatoms. The predicted molar refractivity (Wildman–Crippen MR) is 42.2 cm³/mol. The summed E-state index contributed by atoms with van der Waals surface area (Å²) < 4.78 is 0. The van der Waals surface area contributed by atoms with Gasteiger partial charge in [0.15, 0.2) is 0 Å². The third-order valence-electron chi connectivity index (χ3n) is 1.44. The van der Waals surface area contributed by atoms with E-state index >= 15 is 0 Å².